The van der Waals surface area contributed by atoms with Crippen molar-refractivity contribution < 1.29 is 28.1 Å². The highest BCUT2D eigenvalue weighted by atomic mass is 32.9. The van der Waals surface area contributed by atoms with Crippen LogP contribution in [0.3, 0.4) is 0 Å². The van der Waals surface area contributed by atoms with Crippen LogP contribution in [0.15, 0.2) is 0 Å². The molecule has 0 heterocycles. The van der Waals surface area contributed by atoms with E-state index in [0.29, 0.717) is 26.4 Å². The average Bonchev–Trinajstić information content (AvgIpc) is 2.65. The molecule has 0 aromatic carbocycles. The summed E-state index contributed by atoms with van der Waals surface area (Å²) in [5.74, 6) is -2.00. The van der Waals surface area contributed by atoms with Gasteiger partial charge in [0.1, 0.15) is 0 Å². The van der Waals surface area contributed by atoms with Crippen molar-refractivity contribution in [3.05, 3.63) is 0 Å². The molecule has 0 aromatic heterocycles. The SMILES string of the molecule is CCCCOC(=O)C(CSP(=S)(OCCC)OCCC)C(=O)OCCCC. The van der Waals surface area contributed by atoms with Crippen molar-refractivity contribution in [1.82, 2.24) is 0 Å². The standard InChI is InChI=1S/C18H35O6PS2/c1-5-9-13-21-17(19)16(18(20)22-14-10-6-2)15-27-25(26,23-11-7-3)24-12-8-4/h16H,5-15H2,1-4H3. The minimum absolute atomic E-state index is 0.140. The maximum atomic E-state index is 12.4. The Morgan fingerprint density at radius 2 is 1.26 bits per heavy atom. The van der Waals surface area contributed by atoms with E-state index in [1.807, 2.05) is 27.7 Å². The van der Waals surface area contributed by atoms with Gasteiger partial charge in [0.15, 0.2) is 5.92 Å². The fourth-order valence-corrected chi connectivity index (χ4v) is 6.28. The first-order valence-corrected chi connectivity index (χ1v) is 14.0. The smallest absolute Gasteiger partial charge is 0.321 e. The van der Waals surface area contributed by atoms with Crippen molar-refractivity contribution >= 4 is 40.8 Å². The molecule has 0 radical (unpaired) electrons. The van der Waals surface area contributed by atoms with E-state index >= 15 is 0 Å². The molecule has 0 aromatic rings. The summed E-state index contributed by atoms with van der Waals surface area (Å²) < 4.78 is 22.0. The molecule has 0 aliphatic carbocycles. The van der Waals surface area contributed by atoms with E-state index in [2.05, 4.69) is 0 Å². The summed E-state index contributed by atoms with van der Waals surface area (Å²) in [6.07, 6.45) is 4.96. The normalized spacial score (nSPS) is 11.6. The topological polar surface area (TPSA) is 71.1 Å². The van der Waals surface area contributed by atoms with E-state index < -0.39 is 23.6 Å². The predicted octanol–water partition coefficient (Wildman–Crippen LogP) is 5.10. The van der Waals surface area contributed by atoms with Crippen LogP contribution >= 0.6 is 17.1 Å². The highest BCUT2D eigenvalue weighted by molar-refractivity contribution is 8.67. The number of carbonyl (C=O) groups excluding carboxylic acids is 2. The molecule has 9 heteroatoms. The quantitative estimate of drug-likeness (QED) is 0.133. The third kappa shape index (κ3) is 12.8. The van der Waals surface area contributed by atoms with Gasteiger partial charge in [-0.25, -0.2) is 0 Å². The second kappa shape index (κ2) is 16.8. The molecule has 0 bridgehead atoms. The maximum absolute atomic E-state index is 12.4. The zero-order chi connectivity index (χ0) is 20.5. The van der Waals surface area contributed by atoms with Gasteiger partial charge in [-0.05, 0) is 37.5 Å². The molecule has 0 N–H and O–H groups in total. The van der Waals surface area contributed by atoms with Crippen LogP contribution in [-0.2, 0) is 39.9 Å². The Hall–Kier alpha value is -0.140. The molecule has 0 rings (SSSR count). The number of unbranched alkanes of at least 4 members (excludes halogenated alkanes) is 2. The van der Waals surface area contributed by atoms with Crippen molar-refractivity contribution in [2.45, 2.75) is 66.2 Å². The molecule has 0 fully saturated rings. The van der Waals surface area contributed by atoms with Gasteiger partial charge in [0.25, 0.3) is 0 Å². The fourth-order valence-electron chi connectivity index (χ4n) is 1.75. The Labute approximate surface area is 173 Å². The molecule has 0 amide bonds. The van der Waals surface area contributed by atoms with Gasteiger partial charge >= 0.3 is 11.9 Å². The molecule has 6 nitrogen and oxygen atoms in total. The third-order valence-electron chi connectivity index (χ3n) is 3.36. The van der Waals surface area contributed by atoms with Crippen LogP contribution < -0.4 is 0 Å². The summed E-state index contributed by atoms with van der Waals surface area (Å²) >= 11 is 6.79. The van der Waals surface area contributed by atoms with E-state index in [1.165, 1.54) is 11.4 Å². The molecular weight excluding hydrogens is 407 g/mol. The van der Waals surface area contributed by atoms with E-state index in [0.717, 1.165) is 38.5 Å². The first-order valence-electron chi connectivity index (χ1n) is 9.80. The highest BCUT2D eigenvalue weighted by Gasteiger charge is 2.33. The molecular formula is C18H35O6PS2. The number of esters is 2. The molecule has 0 saturated carbocycles. The van der Waals surface area contributed by atoms with Crippen LogP contribution in [0.4, 0.5) is 0 Å². The van der Waals surface area contributed by atoms with Gasteiger partial charge in [0.05, 0.1) is 26.4 Å². The lowest BCUT2D eigenvalue weighted by Gasteiger charge is -2.23. The second-order valence-corrected chi connectivity index (χ2v) is 12.4. The van der Waals surface area contributed by atoms with Crippen LogP contribution in [0.2, 0.25) is 0 Å². The summed E-state index contributed by atoms with van der Waals surface area (Å²) in [6, 6.07) is 0. The summed E-state index contributed by atoms with van der Waals surface area (Å²) in [6.45, 7) is 9.56. The zero-order valence-electron chi connectivity index (χ0n) is 17.1. The summed E-state index contributed by atoms with van der Waals surface area (Å²) in [4.78, 5) is 24.8. The second-order valence-electron chi connectivity index (χ2n) is 6.00. The summed E-state index contributed by atoms with van der Waals surface area (Å²) in [5.41, 5.74) is -2.61. The van der Waals surface area contributed by atoms with E-state index in [-0.39, 0.29) is 5.75 Å². The first-order chi connectivity index (χ1) is 12.9. The van der Waals surface area contributed by atoms with Crippen molar-refractivity contribution in [2.24, 2.45) is 5.92 Å². The van der Waals surface area contributed by atoms with Crippen molar-refractivity contribution in [2.75, 3.05) is 32.2 Å². The Morgan fingerprint density at radius 1 is 0.815 bits per heavy atom. The lowest BCUT2D eigenvalue weighted by Crippen LogP contribution is -2.30. The third-order valence-corrected chi connectivity index (χ3v) is 8.77. The lowest BCUT2D eigenvalue weighted by atomic mass is 10.2. The number of rotatable bonds is 17. The fraction of sp³-hybridized carbons (Fsp3) is 0.889. The molecule has 0 spiro atoms. The van der Waals surface area contributed by atoms with Crippen LogP contribution in [0.1, 0.15) is 66.2 Å². The zero-order valence-corrected chi connectivity index (χ0v) is 19.6. The minimum Gasteiger partial charge on any atom is -0.465 e. The molecule has 0 aliphatic heterocycles. The number of hydrogen-bond donors (Lipinski definition) is 0. The number of hydrogen-bond acceptors (Lipinski definition) is 8. The van der Waals surface area contributed by atoms with Gasteiger partial charge < -0.3 is 18.5 Å². The molecule has 160 valence electrons. The molecule has 0 saturated heterocycles. The van der Waals surface area contributed by atoms with Crippen LogP contribution in [-0.4, -0.2) is 44.1 Å². The lowest BCUT2D eigenvalue weighted by molar-refractivity contribution is -0.161. The number of carbonyl (C=O) groups is 2. The number of ether oxygens (including phenoxy) is 2. The minimum atomic E-state index is -2.61. The molecule has 0 atom stereocenters. The molecule has 0 aliphatic rings. The van der Waals surface area contributed by atoms with Crippen LogP contribution in [0.25, 0.3) is 0 Å². The Morgan fingerprint density at radius 3 is 1.63 bits per heavy atom. The molecule has 27 heavy (non-hydrogen) atoms. The van der Waals surface area contributed by atoms with Crippen molar-refractivity contribution in [3.63, 3.8) is 0 Å². The van der Waals surface area contributed by atoms with E-state index in [4.69, 9.17) is 30.3 Å². The monoisotopic (exact) mass is 442 g/mol. The van der Waals surface area contributed by atoms with Gasteiger partial charge in [-0.1, -0.05) is 51.9 Å². The van der Waals surface area contributed by atoms with Gasteiger partial charge in [0, 0.05) is 5.75 Å². The summed E-state index contributed by atoms with van der Waals surface area (Å²) in [5, 5.41) is 0. The Balaban J connectivity index is 4.97. The van der Waals surface area contributed by atoms with Gasteiger partial charge in [-0.2, -0.15) is 0 Å². The first kappa shape index (κ1) is 26.9. The van der Waals surface area contributed by atoms with Crippen molar-refractivity contribution in [3.8, 4) is 0 Å². The Bertz CT molecular complexity index is 427. The van der Waals surface area contributed by atoms with E-state index in [1.54, 1.807) is 0 Å². The average molecular weight is 443 g/mol. The molecule has 0 unspecified atom stereocenters. The van der Waals surface area contributed by atoms with Crippen molar-refractivity contribution in [1.29, 1.82) is 0 Å². The van der Waals surface area contributed by atoms with Crippen LogP contribution in [0.5, 0.6) is 0 Å². The van der Waals surface area contributed by atoms with Crippen LogP contribution in [0, 0.1) is 5.92 Å². The van der Waals surface area contributed by atoms with Gasteiger partial charge in [-0.15, -0.1) is 0 Å². The van der Waals surface area contributed by atoms with Gasteiger partial charge in [-0.3, -0.25) is 9.59 Å². The Kier molecular flexibility index (Phi) is 16.7. The maximum Gasteiger partial charge on any atom is 0.321 e. The predicted molar refractivity (Wildman–Crippen MR) is 114 cm³/mol. The summed E-state index contributed by atoms with van der Waals surface area (Å²) in [7, 11) is 0. The van der Waals surface area contributed by atoms with E-state index in [9.17, 15) is 9.59 Å². The van der Waals surface area contributed by atoms with Gasteiger partial charge in [0.2, 0.25) is 5.69 Å². The highest BCUT2D eigenvalue weighted by Crippen LogP contribution is 2.61. The largest absolute Gasteiger partial charge is 0.465 e.